The van der Waals surface area contributed by atoms with Crippen LogP contribution in [0.25, 0.3) is 6.08 Å². The lowest BCUT2D eigenvalue weighted by atomic mass is 10.1. The summed E-state index contributed by atoms with van der Waals surface area (Å²) in [5, 5.41) is 12.6. The molecule has 2 aromatic heterocycles. The van der Waals surface area contributed by atoms with Crippen LogP contribution in [0.5, 0.6) is 5.75 Å². The van der Waals surface area contributed by atoms with E-state index in [0.29, 0.717) is 22.6 Å². The molecule has 1 fully saturated rings. The molecule has 0 saturated carbocycles. The molecule has 0 atom stereocenters. The molecule has 190 valence electrons. The fourth-order valence-electron chi connectivity index (χ4n) is 3.62. The lowest BCUT2D eigenvalue weighted by molar-refractivity contribution is -0.141. The van der Waals surface area contributed by atoms with Crippen LogP contribution in [0.15, 0.2) is 57.8 Å². The standard InChI is InChI=1S/C25H19F3N4O3S2/c1-14-8-21(25(26,27)28)31-22(18(14)11-29)37-13-16-9-15(5-6-20(16)34-2)10-19-23(33)32(24(36)30-19)12-17-4-3-7-35-17/h3-10H,12-13H2,1-2H3,(H,30,36)/b19-10+. The van der Waals surface area contributed by atoms with E-state index in [2.05, 4.69) is 10.3 Å². The van der Waals surface area contributed by atoms with Gasteiger partial charge in [-0.05, 0) is 66.7 Å². The third kappa shape index (κ3) is 5.79. The van der Waals surface area contributed by atoms with Crippen molar-refractivity contribution in [3.05, 3.63) is 82.1 Å². The largest absolute Gasteiger partial charge is 0.496 e. The minimum absolute atomic E-state index is 0.0211. The molecule has 0 radical (unpaired) electrons. The molecule has 0 bridgehead atoms. The van der Waals surface area contributed by atoms with Crippen LogP contribution in [0.4, 0.5) is 13.2 Å². The highest BCUT2D eigenvalue weighted by atomic mass is 32.2. The predicted molar refractivity (Wildman–Crippen MR) is 134 cm³/mol. The molecule has 0 spiro atoms. The maximum Gasteiger partial charge on any atom is 0.433 e. The van der Waals surface area contributed by atoms with E-state index in [1.54, 1.807) is 36.4 Å². The van der Waals surface area contributed by atoms with E-state index < -0.39 is 11.9 Å². The minimum atomic E-state index is -4.63. The SMILES string of the molecule is COc1ccc(/C=C2/NC(=S)N(Cc3ccco3)C2=O)cc1CSc1nc(C(F)(F)F)cc(C)c1C#N. The van der Waals surface area contributed by atoms with E-state index in [1.807, 2.05) is 6.07 Å². The Hall–Kier alpha value is -3.82. The quantitative estimate of drug-likeness (QED) is 0.239. The number of aryl methyl sites for hydroxylation is 1. The molecule has 3 aromatic rings. The smallest absolute Gasteiger partial charge is 0.433 e. The summed E-state index contributed by atoms with van der Waals surface area (Å²) in [5.74, 6) is 0.929. The van der Waals surface area contributed by atoms with Gasteiger partial charge in [0.2, 0.25) is 0 Å². The number of nitrogens with one attached hydrogen (secondary N) is 1. The van der Waals surface area contributed by atoms with Crippen LogP contribution in [0.3, 0.4) is 0 Å². The van der Waals surface area contributed by atoms with Gasteiger partial charge in [0.25, 0.3) is 5.91 Å². The number of nitriles is 1. The Morgan fingerprint density at radius 2 is 2.11 bits per heavy atom. The number of carbonyl (C=O) groups excluding carboxylic acids is 1. The zero-order valence-corrected chi connectivity index (χ0v) is 21.2. The number of pyridine rings is 1. The van der Waals surface area contributed by atoms with E-state index in [-0.39, 0.29) is 45.2 Å². The lowest BCUT2D eigenvalue weighted by Gasteiger charge is -2.13. The van der Waals surface area contributed by atoms with Gasteiger partial charge in [-0.3, -0.25) is 9.69 Å². The molecule has 1 saturated heterocycles. The molecule has 37 heavy (non-hydrogen) atoms. The second-order valence-corrected chi connectivity index (χ2v) is 9.28. The molecule has 1 aromatic carbocycles. The Bertz CT molecular complexity index is 1430. The highest BCUT2D eigenvalue weighted by Gasteiger charge is 2.34. The number of alkyl halides is 3. The number of hydrogen-bond acceptors (Lipinski definition) is 7. The van der Waals surface area contributed by atoms with Gasteiger partial charge in [0.15, 0.2) is 5.11 Å². The van der Waals surface area contributed by atoms with Gasteiger partial charge in [-0.1, -0.05) is 6.07 Å². The van der Waals surface area contributed by atoms with Gasteiger partial charge >= 0.3 is 6.18 Å². The third-order valence-electron chi connectivity index (χ3n) is 5.42. The van der Waals surface area contributed by atoms with Crippen molar-refractivity contribution in [3.8, 4) is 11.8 Å². The summed E-state index contributed by atoms with van der Waals surface area (Å²) in [6, 6.07) is 11.4. The summed E-state index contributed by atoms with van der Waals surface area (Å²) in [6.07, 6.45) is -1.50. The summed E-state index contributed by atoms with van der Waals surface area (Å²) in [6.45, 7) is 1.63. The number of nitrogens with zero attached hydrogens (tertiary/aromatic N) is 3. The second kappa shape index (κ2) is 10.7. The van der Waals surface area contributed by atoms with Gasteiger partial charge in [-0.15, -0.1) is 11.8 Å². The molecular weight excluding hydrogens is 525 g/mol. The first-order valence-electron chi connectivity index (χ1n) is 10.8. The first kappa shape index (κ1) is 26.2. The number of amides is 1. The van der Waals surface area contributed by atoms with Gasteiger partial charge < -0.3 is 14.5 Å². The van der Waals surface area contributed by atoms with Gasteiger partial charge in [0.05, 0.1) is 25.5 Å². The Morgan fingerprint density at radius 1 is 1.32 bits per heavy atom. The number of rotatable bonds is 7. The highest BCUT2D eigenvalue weighted by Crippen LogP contribution is 2.35. The van der Waals surface area contributed by atoms with Crippen LogP contribution in [-0.2, 0) is 23.3 Å². The van der Waals surface area contributed by atoms with Gasteiger partial charge in [-0.25, -0.2) is 4.98 Å². The molecule has 1 amide bonds. The molecule has 0 aliphatic carbocycles. The zero-order valence-electron chi connectivity index (χ0n) is 19.5. The van der Waals surface area contributed by atoms with Crippen molar-refractivity contribution >= 4 is 41.1 Å². The number of aromatic nitrogens is 1. The molecule has 1 aliphatic rings. The Morgan fingerprint density at radius 3 is 2.76 bits per heavy atom. The topological polar surface area (TPSA) is 91.4 Å². The van der Waals surface area contributed by atoms with Crippen LogP contribution in [0.2, 0.25) is 0 Å². The average molecular weight is 545 g/mol. The molecule has 4 rings (SSSR count). The number of thiocarbonyl (C=S) groups is 1. The minimum Gasteiger partial charge on any atom is -0.496 e. The van der Waals surface area contributed by atoms with Crippen molar-refractivity contribution in [2.24, 2.45) is 0 Å². The fraction of sp³-hybridized carbons (Fsp3) is 0.200. The molecule has 1 N–H and O–H groups in total. The van der Waals surface area contributed by atoms with Crippen molar-refractivity contribution in [2.75, 3.05) is 7.11 Å². The predicted octanol–water partition coefficient (Wildman–Crippen LogP) is 5.43. The van der Waals surface area contributed by atoms with E-state index >= 15 is 0 Å². The second-order valence-electron chi connectivity index (χ2n) is 7.93. The summed E-state index contributed by atoms with van der Waals surface area (Å²) >= 11 is 6.29. The van der Waals surface area contributed by atoms with Crippen LogP contribution >= 0.6 is 24.0 Å². The van der Waals surface area contributed by atoms with Crippen molar-refractivity contribution in [1.82, 2.24) is 15.2 Å². The van der Waals surface area contributed by atoms with Gasteiger partial charge in [0.1, 0.15) is 34.0 Å². The van der Waals surface area contributed by atoms with Gasteiger partial charge in [-0.2, -0.15) is 18.4 Å². The number of furan rings is 1. The number of halogens is 3. The van der Waals surface area contributed by atoms with Crippen LogP contribution in [0.1, 0.15) is 33.7 Å². The number of hydrogen-bond donors (Lipinski definition) is 1. The molecule has 0 unspecified atom stereocenters. The molecule has 3 heterocycles. The van der Waals surface area contributed by atoms with Crippen LogP contribution in [-0.4, -0.2) is 28.0 Å². The Labute approximate surface area is 219 Å². The van der Waals surface area contributed by atoms with Gasteiger partial charge in [0, 0.05) is 11.3 Å². The highest BCUT2D eigenvalue weighted by molar-refractivity contribution is 7.98. The van der Waals surface area contributed by atoms with E-state index in [9.17, 15) is 23.2 Å². The molecule has 7 nitrogen and oxygen atoms in total. The van der Waals surface area contributed by atoms with E-state index in [4.69, 9.17) is 21.4 Å². The van der Waals surface area contributed by atoms with E-state index in [1.165, 1.54) is 25.2 Å². The molecular formula is C25H19F3N4O3S2. The van der Waals surface area contributed by atoms with Crippen molar-refractivity contribution in [1.29, 1.82) is 5.26 Å². The maximum atomic E-state index is 13.3. The summed E-state index contributed by atoms with van der Waals surface area (Å²) in [5.41, 5.74) is 0.770. The van der Waals surface area contributed by atoms with Crippen LogP contribution in [0, 0.1) is 18.3 Å². The molecule has 1 aliphatic heterocycles. The molecule has 12 heteroatoms. The Balaban J connectivity index is 1.58. The summed E-state index contributed by atoms with van der Waals surface area (Å²) < 4.78 is 50.5. The lowest BCUT2D eigenvalue weighted by Crippen LogP contribution is -2.29. The monoisotopic (exact) mass is 544 g/mol. The number of carbonyl (C=O) groups is 1. The van der Waals surface area contributed by atoms with Crippen molar-refractivity contribution < 1.29 is 27.1 Å². The van der Waals surface area contributed by atoms with Crippen molar-refractivity contribution in [3.63, 3.8) is 0 Å². The fourth-order valence-corrected chi connectivity index (χ4v) is 4.91. The number of ether oxygens (including phenoxy) is 1. The first-order valence-corrected chi connectivity index (χ1v) is 12.2. The summed E-state index contributed by atoms with van der Waals surface area (Å²) in [7, 11) is 1.47. The Kier molecular flexibility index (Phi) is 7.56. The first-order chi connectivity index (χ1) is 17.6. The van der Waals surface area contributed by atoms with Crippen LogP contribution < -0.4 is 10.1 Å². The van der Waals surface area contributed by atoms with E-state index in [0.717, 1.165) is 17.8 Å². The third-order valence-corrected chi connectivity index (χ3v) is 6.77. The average Bonchev–Trinajstić information content (AvgIpc) is 3.46. The zero-order chi connectivity index (χ0) is 26.7. The summed E-state index contributed by atoms with van der Waals surface area (Å²) in [4.78, 5) is 18.0. The normalized spacial score (nSPS) is 14.7. The maximum absolute atomic E-state index is 13.3. The van der Waals surface area contributed by atoms with Crippen molar-refractivity contribution in [2.45, 2.75) is 30.4 Å². The number of benzene rings is 1. The number of thioether (sulfide) groups is 1. The number of methoxy groups -OCH3 is 1.